The maximum absolute atomic E-state index is 13.5. The third kappa shape index (κ3) is 4.05. The Balaban J connectivity index is 1.62. The summed E-state index contributed by atoms with van der Waals surface area (Å²) in [4.78, 5) is 13.6. The van der Waals surface area contributed by atoms with Crippen LogP contribution in [0.25, 0.3) is 0 Å². The first-order valence-corrected chi connectivity index (χ1v) is 9.25. The summed E-state index contributed by atoms with van der Waals surface area (Å²) >= 11 is 1.72. The van der Waals surface area contributed by atoms with Crippen molar-refractivity contribution in [2.75, 3.05) is 5.75 Å². The Kier molecular flexibility index (Phi) is 5.24. The molecule has 23 heavy (non-hydrogen) atoms. The lowest BCUT2D eigenvalue weighted by atomic mass is 9.99. The molecule has 0 spiro atoms. The van der Waals surface area contributed by atoms with Crippen molar-refractivity contribution in [2.45, 2.75) is 56.1 Å². The predicted molar refractivity (Wildman–Crippen MR) is 90.5 cm³/mol. The Morgan fingerprint density at radius 2 is 2.26 bits per heavy atom. The van der Waals surface area contributed by atoms with Gasteiger partial charge in [0, 0.05) is 16.7 Å². The molecule has 3 rings (SSSR count). The van der Waals surface area contributed by atoms with Crippen LogP contribution in [0.5, 0.6) is 0 Å². The minimum atomic E-state index is -0.247. The molecule has 1 saturated heterocycles. The van der Waals surface area contributed by atoms with Gasteiger partial charge in [0.25, 0.3) is 0 Å². The molecule has 1 aromatic rings. The molecule has 2 aliphatic heterocycles. The second kappa shape index (κ2) is 7.20. The highest BCUT2D eigenvalue weighted by Gasteiger charge is 2.32. The van der Waals surface area contributed by atoms with Gasteiger partial charge in [-0.1, -0.05) is 13.8 Å². The molecule has 3 N–H and O–H groups in total. The highest BCUT2D eigenvalue weighted by molar-refractivity contribution is 7.99. The van der Waals surface area contributed by atoms with Crippen LogP contribution < -0.4 is 16.2 Å². The first-order valence-electron chi connectivity index (χ1n) is 8.26. The van der Waals surface area contributed by atoms with Crippen molar-refractivity contribution in [1.29, 1.82) is 0 Å². The molecule has 1 fully saturated rings. The third-order valence-corrected chi connectivity index (χ3v) is 5.50. The smallest absolute Gasteiger partial charge is 0.239 e. The van der Waals surface area contributed by atoms with Crippen LogP contribution >= 0.6 is 11.8 Å². The maximum atomic E-state index is 13.5. The first kappa shape index (κ1) is 16.7. The zero-order valence-corrected chi connectivity index (χ0v) is 14.4. The summed E-state index contributed by atoms with van der Waals surface area (Å²) < 4.78 is 13.5. The minimum Gasteiger partial charge on any atom is -0.348 e. The molecule has 0 bridgehead atoms. The quantitative estimate of drug-likeness (QED) is 0.791. The standard InChI is InChI=1S/C17H24FN3OS/c1-10(2)7-12-9-15(21-20-12)17(22)19-14-5-6-23-16-4-3-11(18)8-13(14)16/h3-4,8,10,12,14-15,20-21H,5-7,9H2,1-2H3,(H,19,22). The molecule has 1 amide bonds. The molecular weight excluding hydrogens is 313 g/mol. The normalized spacial score (nSPS) is 27.0. The largest absolute Gasteiger partial charge is 0.348 e. The van der Waals surface area contributed by atoms with Crippen molar-refractivity contribution in [3.63, 3.8) is 0 Å². The molecule has 3 unspecified atom stereocenters. The number of hydrogen-bond donors (Lipinski definition) is 3. The summed E-state index contributed by atoms with van der Waals surface area (Å²) in [5, 5.41) is 3.10. The Labute approximate surface area is 141 Å². The second-order valence-electron chi connectivity index (χ2n) is 6.78. The third-order valence-electron chi connectivity index (χ3n) is 4.38. The number of rotatable bonds is 4. The van der Waals surface area contributed by atoms with Gasteiger partial charge in [0.1, 0.15) is 11.9 Å². The Bertz CT molecular complexity index is 581. The molecule has 0 saturated carbocycles. The maximum Gasteiger partial charge on any atom is 0.239 e. The average molecular weight is 337 g/mol. The van der Waals surface area contributed by atoms with Gasteiger partial charge in [-0.3, -0.25) is 10.2 Å². The van der Waals surface area contributed by atoms with Crippen molar-refractivity contribution < 1.29 is 9.18 Å². The Morgan fingerprint density at radius 3 is 3.04 bits per heavy atom. The lowest BCUT2D eigenvalue weighted by molar-refractivity contribution is -0.123. The van der Waals surface area contributed by atoms with E-state index < -0.39 is 0 Å². The van der Waals surface area contributed by atoms with Crippen LogP contribution in [0.3, 0.4) is 0 Å². The number of benzene rings is 1. The van der Waals surface area contributed by atoms with Crippen LogP contribution in [0.2, 0.25) is 0 Å². The van der Waals surface area contributed by atoms with E-state index in [1.165, 1.54) is 6.07 Å². The topological polar surface area (TPSA) is 53.2 Å². The van der Waals surface area contributed by atoms with E-state index in [0.717, 1.165) is 35.5 Å². The monoisotopic (exact) mass is 337 g/mol. The SMILES string of the molecule is CC(C)CC1CC(C(=O)NC2CCSc3ccc(F)cc32)NN1. The van der Waals surface area contributed by atoms with Crippen molar-refractivity contribution in [2.24, 2.45) is 5.92 Å². The van der Waals surface area contributed by atoms with E-state index in [2.05, 4.69) is 30.0 Å². The number of amides is 1. The van der Waals surface area contributed by atoms with Gasteiger partial charge < -0.3 is 5.32 Å². The summed E-state index contributed by atoms with van der Waals surface area (Å²) in [5.41, 5.74) is 7.21. The van der Waals surface area contributed by atoms with Gasteiger partial charge in [-0.25, -0.2) is 9.82 Å². The first-order chi connectivity index (χ1) is 11.0. The molecular formula is C17H24FN3OS. The summed E-state index contributed by atoms with van der Waals surface area (Å²) in [6.07, 6.45) is 2.68. The molecule has 0 aromatic heterocycles. The summed E-state index contributed by atoms with van der Waals surface area (Å²) in [5.74, 6) is 1.29. The van der Waals surface area contributed by atoms with E-state index in [1.54, 1.807) is 17.8 Å². The van der Waals surface area contributed by atoms with Crippen molar-refractivity contribution in [3.05, 3.63) is 29.6 Å². The number of carbonyl (C=O) groups is 1. The molecule has 2 aliphatic rings. The van der Waals surface area contributed by atoms with Crippen molar-refractivity contribution in [1.82, 2.24) is 16.2 Å². The zero-order chi connectivity index (χ0) is 16.4. The van der Waals surface area contributed by atoms with Crippen LogP contribution in [-0.4, -0.2) is 23.7 Å². The second-order valence-corrected chi connectivity index (χ2v) is 7.92. The molecule has 6 heteroatoms. The number of nitrogens with one attached hydrogen (secondary N) is 3. The fourth-order valence-corrected chi connectivity index (χ4v) is 4.41. The summed E-state index contributed by atoms with van der Waals surface area (Å²) in [7, 11) is 0. The molecule has 3 atom stereocenters. The lowest BCUT2D eigenvalue weighted by Crippen LogP contribution is -2.45. The van der Waals surface area contributed by atoms with Gasteiger partial charge in [0.05, 0.1) is 6.04 Å². The van der Waals surface area contributed by atoms with Crippen LogP contribution in [0, 0.1) is 11.7 Å². The molecule has 4 nitrogen and oxygen atoms in total. The fourth-order valence-electron chi connectivity index (χ4n) is 3.31. The molecule has 1 aromatic carbocycles. The van der Waals surface area contributed by atoms with E-state index in [0.29, 0.717) is 12.0 Å². The van der Waals surface area contributed by atoms with Crippen LogP contribution in [0.4, 0.5) is 4.39 Å². The van der Waals surface area contributed by atoms with Crippen LogP contribution in [0.1, 0.15) is 44.7 Å². The van der Waals surface area contributed by atoms with Crippen LogP contribution in [0.15, 0.2) is 23.1 Å². The lowest BCUT2D eigenvalue weighted by Gasteiger charge is -2.27. The van der Waals surface area contributed by atoms with E-state index in [1.807, 2.05) is 6.07 Å². The summed E-state index contributed by atoms with van der Waals surface area (Å²) in [6.45, 7) is 4.36. The van der Waals surface area contributed by atoms with Gasteiger partial charge >= 0.3 is 0 Å². The van der Waals surface area contributed by atoms with E-state index >= 15 is 0 Å². The van der Waals surface area contributed by atoms with E-state index in [9.17, 15) is 9.18 Å². The highest BCUT2D eigenvalue weighted by Crippen LogP contribution is 2.36. The number of hydrogen-bond acceptors (Lipinski definition) is 4. The van der Waals surface area contributed by atoms with E-state index in [-0.39, 0.29) is 23.8 Å². The molecule has 2 heterocycles. The summed E-state index contributed by atoms with van der Waals surface area (Å²) in [6, 6.07) is 4.86. The van der Waals surface area contributed by atoms with E-state index in [4.69, 9.17) is 0 Å². The number of thioether (sulfide) groups is 1. The molecule has 126 valence electrons. The van der Waals surface area contributed by atoms with Gasteiger partial charge in [-0.05, 0) is 48.9 Å². The van der Waals surface area contributed by atoms with Gasteiger partial charge in [0.15, 0.2) is 0 Å². The number of halogens is 1. The number of hydrazine groups is 1. The van der Waals surface area contributed by atoms with Gasteiger partial charge in [-0.15, -0.1) is 11.8 Å². The van der Waals surface area contributed by atoms with Gasteiger partial charge in [0.2, 0.25) is 5.91 Å². The molecule has 0 aliphatic carbocycles. The van der Waals surface area contributed by atoms with Crippen molar-refractivity contribution in [3.8, 4) is 0 Å². The Morgan fingerprint density at radius 1 is 1.43 bits per heavy atom. The fraction of sp³-hybridized carbons (Fsp3) is 0.588. The van der Waals surface area contributed by atoms with Crippen molar-refractivity contribution >= 4 is 17.7 Å². The minimum absolute atomic E-state index is 0.00383. The zero-order valence-electron chi connectivity index (χ0n) is 13.6. The van der Waals surface area contributed by atoms with Gasteiger partial charge in [-0.2, -0.15) is 0 Å². The average Bonchev–Trinajstić information content (AvgIpc) is 2.95. The molecule has 0 radical (unpaired) electrons. The predicted octanol–water partition coefficient (Wildman–Crippen LogP) is 2.76. The number of fused-ring (bicyclic) bond motifs is 1. The number of carbonyl (C=O) groups excluding carboxylic acids is 1. The highest BCUT2D eigenvalue weighted by atomic mass is 32.2. The Hall–Kier alpha value is -1.11. The van der Waals surface area contributed by atoms with Crippen LogP contribution in [-0.2, 0) is 4.79 Å².